The molecule has 2 unspecified atom stereocenters. The molecule has 0 spiro atoms. The van der Waals surface area contributed by atoms with Crippen LogP contribution in [0.15, 0.2) is 60.0 Å². The van der Waals surface area contributed by atoms with Gasteiger partial charge in [0.25, 0.3) is 0 Å². The van der Waals surface area contributed by atoms with Crippen molar-refractivity contribution < 1.29 is 9.84 Å². The highest BCUT2D eigenvalue weighted by molar-refractivity contribution is 7.10. The van der Waals surface area contributed by atoms with Crippen LogP contribution in [0.5, 0.6) is 5.75 Å². The van der Waals surface area contributed by atoms with E-state index in [0.717, 1.165) is 11.1 Å². The SMILES string of the molecule is CC(NCC(O)COc1ccc2ccccc2c1)c1cccs1.Cl. The first-order valence-electron chi connectivity index (χ1n) is 7.79. The summed E-state index contributed by atoms with van der Waals surface area (Å²) in [5, 5.41) is 17.8. The predicted molar refractivity (Wildman–Crippen MR) is 103 cm³/mol. The number of thiophene rings is 1. The summed E-state index contributed by atoms with van der Waals surface area (Å²) in [7, 11) is 0. The molecule has 128 valence electrons. The number of hydrogen-bond acceptors (Lipinski definition) is 4. The van der Waals surface area contributed by atoms with Crippen molar-refractivity contribution in [3.63, 3.8) is 0 Å². The third-order valence-electron chi connectivity index (χ3n) is 3.79. The maximum Gasteiger partial charge on any atom is 0.120 e. The molecule has 0 bridgehead atoms. The molecule has 2 aromatic carbocycles. The van der Waals surface area contributed by atoms with E-state index in [9.17, 15) is 5.11 Å². The molecule has 1 aromatic heterocycles. The number of ether oxygens (including phenoxy) is 1. The van der Waals surface area contributed by atoms with E-state index in [4.69, 9.17) is 4.74 Å². The zero-order chi connectivity index (χ0) is 16.1. The number of nitrogens with one attached hydrogen (secondary N) is 1. The molecule has 0 aliphatic rings. The lowest BCUT2D eigenvalue weighted by molar-refractivity contribution is 0.104. The third kappa shape index (κ3) is 4.95. The minimum Gasteiger partial charge on any atom is -0.491 e. The first-order valence-corrected chi connectivity index (χ1v) is 8.67. The van der Waals surface area contributed by atoms with Crippen LogP contribution in [0.2, 0.25) is 0 Å². The Bertz CT molecular complexity index is 748. The fraction of sp³-hybridized carbons (Fsp3) is 0.263. The molecule has 2 atom stereocenters. The van der Waals surface area contributed by atoms with E-state index < -0.39 is 6.10 Å². The molecule has 3 aromatic rings. The smallest absolute Gasteiger partial charge is 0.120 e. The second-order valence-corrected chi connectivity index (χ2v) is 6.60. The van der Waals surface area contributed by atoms with Crippen molar-refractivity contribution in [1.29, 1.82) is 0 Å². The van der Waals surface area contributed by atoms with Crippen LogP contribution in [0.4, 0.5) is 0 Å². The van der Waals surface area contributed by atoms with Crippen molar-refractivity contribution >= 4 is 34.5 Å². The molecule has 0 saturated heterocycles. The summed E-state index contributed by atoms with van der Waals surface area (Å²) in [5.74, 6) is 0.786. The monoisotopic (exact) mass is 363 g/mol. The van der Waals surface area contributed by atoms with Crippen LogP contribution in [0.3, 0.4) is 0 Å². The van der Waals surface area contributed by atoms with Crippen molar-refractivity contribution in [2.45, 2.75) is 19.1 Å². The lowest BCUT2D eigenvalue weighted by Crippen LogP contribution is -2.32. The van der Waals surface area contributed by atoms with Crippen molar-refractivity contribution in [3.05, 3.63) is 64.9 Å². The van der Waals surface area contributed by atoms with E-state index in [2.05, 4.69) is 35.8 Å². The van der Waals surface area contributed by atoms with Gasteiger partial charge >= 0.3 is 0 Å². The zero-order valence-corrected chi connectivity index (χ0v) is 15.1. The van der Waals surface area contributed by atoms with Gasteiger partial charge in [-0.15, -0.1) is 23.7 Å². The second-order valence-electron chi connectivity index (χ2n) is 5.62. The van der Waals surface area contributed by atoms with E-state index in [1.165, 1.54) is 10.3 Å². The summed E-state index contributed by atoms with van der Waals surface area (Å²) in [6.45, 7) is 2.89. The van der Waals surface area contributed by atoms with Crippen molar-refractivity contribution in [2.75, 3.05) is 13.2 Å². The molecule has 0 aliphatic carbocycles. The maximum absolute atomic E-state index is 10.1. The number of benzene rings is 2. The van der Waals surface area contributed by atoms with Crippen LogP contribution in [0, 0.1) is 0 Å². The van der Waals surface area contributed by atoms with Gasteiger partial charge < -0.3 is 15.2 Å². The Kier molecular flexibility index (Phi) is 7.06. The number of rotatable bonds is 7. The highest BCUT2D eigenvalue weighted by Gasteiger charge is 2.10. The average molecular weight is 364 g/mol. The van der Waals surface area contributed by atoms with Crippen LogP contribution < -0.4 is 10.1 Å². The normalized spacial score (nSPS) is 13.2. The van der Waals surface area contributed by atoms with Crippen LogP contribution in [-0.2, 0) is 0 Å². The van der Waals surface area contributed by atoms with Gasteiger partial charge in [-0.2, -0.15) is 0 Å². The molecular weight excluding hydrogens is 342 g/mol. The van der Waals surface area contributed by atoms with E-state index >= 15 is 0 Å². The quantitative estimate of drug-likeness (QED) is 0.653. The van der Waals surface area contributed by atoms with Crippen LogP contribution >= 0.6 is 23.7 Å². The van der Waals surface area contributed by atoms with E-state index in [0.29, 0.717) is 6.54 Å². The van der Waals surface area contributed by atoms with Gasteiger partial charge in [0, 0.05) is 17.5 Å². The fourth-order valence-electron chi connectivity index (χ4n) is 2.46. The summed E-state index contributed by atoms with van der Waals surface area (Å²) in [6, 6.07) is 18.5. The van der Waals surface area contributed by atoms with Gasteiger partial charge in [-0.25, -0.2) is 0 Å². The average Bonchev–Trinajstić information content (AvgIpc) is 3.12. The molecule has 0 amide bonds. The molecule has 1 heterocycles. The van der Waals surface area contributed by atoms with E-state index in [1.54, 1.807) is 11.3 Å². The van der Waals surface area contributed by atoms with E-state index in [-0.39, 0.29) is 25.1 Å². The van der Waals surface area contributed by atoms with Gasteiger partial charge in [-0.1, -0.05) is 36.4 Å². The topological polar surface area (TPSA) is 41.5 Å². The van der Waals surface area contributed by atoms with Crippen molar-refractivity contribution in [2.24, 2.45) is 0 Å². The van der Waals surface area contributed by atoms with Gasteiger partial charge in [-0.3, -0.25) is 0 Å². The maximum atomic E-state index is 10.1. The number of aliphatic hydroxyl groups is 1. The molecule has 0 saturated carbocycles. The summed E-state index contributed by atoms with van der Waals surface area (Å²) >= 11 is 1.72. The Morgan fingerprint density at radius 2 is 1.88 bits per heavy atom. The minimum absolute atomic E-state index is 0. The first kappa shape index (κ1) is 18.7. The Morgan fingerprint density at radius 1 is 1.08 bits per heavy atom. The summed E-state index contributed by atoms with van der Waals surface area (Å²) in [5.41, 5.74) is 0. The molecule has 2 N–H and O–H groups in total. The Hall–Kier alpha value is -1.59. The van der Waals surface area contributed by atoms with Crippen molar-refractivity contribution in [3.8, 4) is 5.75 Å². The molecule has 0 aliphatic heterocycles. The Balaban J connectivity index is 0.00000208. The van der Waals surface area contributed by atoms with Crippen molar-refractivity contribution in [1.82, 2.24) is 5.32 Å². The standard InChI is InChI=1S/C19H21NO2S.ClH/c1-14(19-7-4-10-23-19)20-12-17(21)13-22-18-9-8-15-5-2-3-6-16(15)11-18;/h2-11,14,17,20-21H,12-13H2,1H3;1H. The molecular formula is C19H22ClNO2S. The highest BCUT2D eigenvalue weighted by Crippen LogP contribution is 2.21. The molecule has 3 nitrogen and oxygen atoms in total. The molecule has 5 heteroatoms. The second kappa shape index (κ2) is 9.04. The van der Waals surface area contributed by atoms with Crippen LogP contribution in [-0.4, -0.2) is 24.4 Å². The Labute approximate surface area is 152 Å². The highest BCUT2D eigenvalue weighted by atomic mass is 35.5. The largest absolute Gasteiger partial charge is 0.491 e. The Morgan fingerprint density at radius 3 is 2.62 bits per heavy atom. The lowest BCUT2D eigenvalue weighted by Gasteiger charge is -2.17. The predicted octanol–water partition coefficient (Wildman–Crippen LogP) is 4.41. The van der Waals surface area contributed by atoms with Gasteiger partial charge in [0.15, 0.2) is 0 Å². The van der Waals surface area contributed by atoms with Gasteiger partial charge in [-0.05, 0) is 41.3 Å². The van der Waals surface area contributed by atoms with Gasteiger partial charge in [0.1, 0.15) is 18.5 Å². The number of halogens is 1. The molecule has 0 fully saturated rings. The van der Waals surface area contributed by atoms with Crippen LogP contribution in [0.1, 0.15) is 17.8 Å². The number of aliphatic hydroxyl groups excluding tert-OH is 1. The van der Waals surface area contributed by atoms with Gasteiger partial charge in [0.05, 0.1) is 0 Å². The van der Waals surface area contributed by atoms with E-state index in [1.807, 2.05) is 36.4 Å². The lowest BCUT2D eigenvalue weighted by atomic mass is 10.1. The third-order valence-corrected chi connectivity index (χ3v) is 4.85. The van der Waals surface area contributed by atoms with Crippen LogP contribution in [0.25, 0.3) is 10.8 Å². The summed E-state index contributed by atoms with van der Waals surface area (Å²) in [6.07, 6.45) is -0.538. The summed E-state index contributed by atoms with van der Waals surface area (Å²) < 4.78 is 5.71. The molecule has 24 heavy (non-hydrogen) atoms. The molecule has 0 radical (unpaired) electrons. The number of hydrogen-bond donors (Lipinski definition) is 2. The first-order chi connectivity index (χ1) is 11.2. The minimum atomic E-state index is -0.538. The number of fused-ring (bicyclic) bond motifs is 1. The fourth-order valence-corrected chi connectivity index (χ4v) is 3.22. The van der Waals surface area contributed by atoms with Gasteiger partial charge in [0.2, 0.25) is 0 Å². The summed E-state index contributed by atoms with van der Waals surface area (Å²) in [4.78, 5) is 1.27. The zero-order valence-electron chi connectivity index (χ0n) is 13.5. The molecule has 3 rings (SSSR count).